The van der Waals surface area contributed by atoms with Crippen molar-refractivity contribution in [3.8, 4) is 0 Å². The molecule has 0 saturated heterocycles. The molecule has 0 fully saturated rings. The van der Waals surface area contributed by atoms with Crippen LogP contribution in [0.4, 0.5) is 0 Å². The highest BCUT2D eigenvalue weighted by atomic mass is 79.9. The molecule has 1 rings (SSSR count). The van der Waals surface area contributed by atoms with E-state index in [4.69, 9.17) is 0 Å². The number of halogens is 2. The Kier molecular flexibility index (Phi) is 4.08. The zero-order valence-corrected chi connectivity index (χ0v) is 11.1. The Bertz CT molecular complexity index is 433. The van der Waals surface area contributed by atoms with E-state index in [1.807, 2.05) is 4.89 Å². The Hall–Kier alpha value is 0.0500. The summed E-state index contributed by atoms with van der Waals surface area (Å²) in [6, 6.07) is 4.74. The molecule has 0 unspecified atom stereocenters. The quantitative estimate of drug-likeness (QED) is 0.854. The van der Waals surface area contributed by atoms with Crippen LogP contribution in [-0.4, -0.2) is 15.5 Å². The first-order valence-electron chi connectivity index (χ1n) is 3.47. The highest BCUT2D eigenvalue weighted by molar-refractivity contribution is 9.11. The molecule has 1 aromatic carbocycles. The first-order valence-corrected chi connectivity index (χ1v) is 6.54. The average Bonchev–Trinajstić information content (AvgIpc) is 2.02. The molecule has 4 nitrogen and oxygen atoms in total. The molecule has 0 amide bonds. The first kappa shape index (κ1) is 12.1. The lowest BCUT2D eigenvalue weighted by molar-refractivity contribution is 0.153. The van der Waals surface area contributed by atoms with Gasteiger partial charge < -0.3 is 0 Å². The SMILES string of the molecule is CONS(=O)(=O)c1ccc(Br)cc1Br. The highest BCUT2D eigenvalue weighted by Crippen LogP contribution is 2.25. The zero-order valence-electron chi connectivity index (χ0n) is 7.12. The maximum atomic E-state index is 11.5. The molecule has 0 aliphatic rings. The summed E-state index contributed by atoms with van der Waals surface area (Å²) in [5.74, 6) is 0. The molecule has 1 aromatic rings. The Morgan fingerprint density at radius 3 is 2.50 bits per heavy atom. The lowest BCUT2D eigenvalue weighted by atomic mass is 10.4. The van der Waals surface area contributed by atoms with Gasteiger partial charge in [0.25, 0.3) is 10.0 Å². The molecular formula is C7H7Br2NO3S. The Morgan fingerprint density at radius 1 is 1.36 bits per heavy atom. The van der Waals surface area contributed by atoms with Gasteiger partial charge in [-0.2, -0.15) is 0 Å². The molecule has 0 aliphatic carbocycles. The average molecular weight is 345 g/mol. The highest BCUT2D eigenvalue weighted by Gasteiger charge is 2.16. The Morgan fingerprint density at radius 2 is 2.00 bits per heavy atom. The number of sulfonamides is 1. The van der Waals surface area contributed by atoms with Gasteiger partial charge in [-0.05, 0) is 34.1 Å². The van der Waals surface area contributed by atoms with Gasteiger partial charge in [0.15, 0.2) is 0 Å². The third-order valence-electron chi connectivity index (χ3n) is 1.38. The van der Waals surface area contributed by atoms with Crippen LogP contribution in [0.5, 0.6) is 0 Å². The van der Waals surface area contributed by atoms with E-state index in [-0.39, 0.29) is 4.90 Å². The number of rotatable bonds is 3. The van der Waals surface area contributed by atoms with E-state index < -0.39 is 10.0 Å². The van der Waals surface area contributed by atoms with Crippen molar-refractivity contribution >= 4 is 41.9 Å². The maximum Gasteiger partial charge on any atom is 0.263 e. The van der Waals surface area contributed by atoms with Crippen LogP contribution in [0, 0.1) is 0 Å². The molecule has 0 radical (unpaired) electrons. The van der Waals surface area contributed by atoms with Crippen molar-refractivity contribution in [2.24, 2.45) is 0 Å². The van der Waals surface area contributed by atoms with Crippen LogP contribution in [0.3, 0.4) is 0 Å². The summed E-state index contributed by atoms with van der Waals surface area (Å²) in [4.78, 5) is 6.43. The first-order chi connectivity index (χ1) is 6.47. The Balaban J connectivity index is 3.20. The molecule has 0 saturated carbocycles. The van der Waals surface area contributed by atoms with E-state index in [9.17, 15) is 8.42 Å². The molecular weight excluding hydrogens is 338 g/mol. The number of hydrogen-bond acceptors (Lipinski definition) is 3. The van der Waals surface area contributed by atoms with Gasteiger partial charge in [0.05, 0.1) is 12.0 Å². The van der Waals surface area contributed by atoms with E-state index >= 15 is 0 Å². The van der Waals surface area contributed by atoms with Gasteiger partial charge in [0.1, 0.15) is 0 Å². The predicted molar refractivity (Wildman–Crippen MR) is 59.2 cm³/mol. The van der Waals surface area contributed by atoms with E-state index in [1.54, 1.807) is 12.1 Å². The summed E-state index contributed by atoms with van der Waals surface area (Å²) in [6.45, 7) is 0. The molecule has 0 bridgehead atoms. The van der Waals surface area contributed by atoms with Gasteiger partial charge in [-0.1, -0.05) is 20.8 Å². The standard InChI is InChI=1S/C7H7Br2NO3S/c1-13-10-14(11,12)7-3-2-5(8)4-6(7)9/h2-4,10H,1H3. The minimum absolute atomic E-state index is 0.127. The van der Waals surface area contributed by atoms with Crippen molar-refractivity contribution in [3.05, 3.63) is 27.1 Å². The zero-order chi connectivity index (χ0) is 10.8. The van der Waals surface area contributed by atoms with Gasteiger partial charge in [-0.25, -0.2) is 8.42 Å². The monoisotopic (exact) mass is 343 g/mol. The van der Waals surface area contributed by atoms with Gasteiger partial charge in [0.2, 0.25) is 0 Å². The molecule has 0 atom stereocenters. The molecule has 0 spiro atoms. The second kappa shape index (κ2) is 4.71. The molecule has 0 aliphatic heterocycles. The van der Waals surface area contributed by atoms with E-state index in [2.05, 4.69) is 36.7 Å². The molecule has 14 heavy (non-hydrogen) atoms. The lowest BCUT2D eigenvalue weighted by Crippen LogP contribution is -2.22. The normalized spacial score (nSPS) is 11.6. The number of nitrogens with one attached hydrogen (secondary N) is 1. The van der Waals surface area contributed by atoms with Gasteiger partial charge >= 0.3 is 0 Å². The largest absolute Gasteiger partial charge is 0.290 e. The number of benzene rings is 1. The van der Waals surface area contributed by atoms with Gasteiger partial charge in [0, 0.05) is 8.95 Å². The topological polar surface area (TPSA) is 55.4 Å². The summed E-state index contributed by atoms with van der Waals surface area (Å²) in [6.07, 6.45) is 0. The van der Waals surface area contributed by atoms with Gasteiger partial charge in [-0.15, -0.1) is 0 Å². The summed E-state index contributed by atoms with van der Waals surface area (Å²) < 4.78 is 24.2. The fourth-order valence-electron chi connectivity index (χ4n) is 0.848. The summed E-state index contributed by atoms with van der Waals surface area (Å²) >= 11 is 6.37. The van der Waals surface area contributed by atoms with Crippen LogP contribution in [-0.2, 0) is 14.9 Å². The van der Waals surface area contributed by atoms with Crippen molar-refractivity contribution in [1.29, 1.82) is 0 Å². The molecule has 78 valence electrons. The van der Waals surface area contributed by atoms with Crippen molar-refractivity contribution in [2.75, 3.05) is 7.11 Å². The van der Waals surface area contributed by atoms with Gasteiger partial charge in [-0.3, -0.25) is 4.84 Å². The minimum Gasteiger partial charge on any atom is -0.290 e. The summed E-state index contributed by atoms with van der Waals surface area (Å²) in [5.41, 5.74) is 0. The van der Waals surface area contributed by atoms with Crippen LogP contribution in [0.15, 0.2) is 32.0 Å². The summed E-state index contributed by atoms with van der Waals surface area (Å²) in [7, 11) is -2.36. The van der Waals surface area contributed by atoms with E-state index in [0.717, 1.165) is 4.47 Å². The smallest absolute Gasteiger partial charge is 0.263 e. The van der Waals surface area contributed by atoms with Crippen LogP contribution < -0.4 is 4.89 Å². The van der Waals surface area contributed by atoms with Crippen molar-refractivity contribution in [1.82, 2.24) is 4.89 Å². The van der Waals surface area contributed by atoms with E-state index in [0.29, 0.717) is 4.47 Å². The van der Waals surface area contributed by atoms with Crippen LogP contribution in [0.25, 0.3) is 0 Å². The fraction of sp³-hybridized carbons (Fsp3) is 0.143. The van der Waals surface area contributed by atoms with E-state index in [1.165, 1.54) is 13.2 Å². The Labute approximate surface area is 98.9 Å². The minimum atomic E-state index is -3.60. The van der Waals surface area contributed by atoms with Crippen molar-refractivity contribution in [3.63, 3.8) is 0 Å². The molecule has 0 aromatic heterocycles. The van der Waals surface area contributed by atoms with Crippen LogP contribution in [0.2, 0.25) is 0 Å². The third kappa shape index (κ3) is 2.77. The maximum absolute atomic E-state index is 11.5. The molecule has 1 N–H and O–H groups in total. The van der Waals surface area contributed by atoms with Crippen molar-refractivity contribution < 1.29 is 13.3 Å². The van der Waals surface area contributed by atoms with Crippen LogP contribution in [0.1, 0.15) is 0 Å². The predicted octanol–water partition coefficient (Wildman–Crippen LogP) is 2.05. The second-order valence-corrected chi connectivity index (χ2v) is 5.75. The van der Waals surface area contributed by atoms with Crippen molar-refractivity contribution in [2.45, 2.75) is 4.90 Å². The summed E-state index contributed by atoms with van der Waals surface area (Å²) in [5, 5.41) is 0. The molecule has 0 heterocycles. The second-order valence-electron chi connectivity index (χ2n) is 2.37. The molecule has 7 heteroatoms. The van der Waals surface area contributed by atoms with Crippen LogP contribution >= 0.6 is 31.9 Å². The number of hydrogen-bond donors (Lipinski definition) is 1. The third-order valence-corrected chi connectivity index (χ3v) is 4.11. The lowest BCUT2D eigenvalue weighted by Gasteiger charge is -2.06. The fourth-order valence-corrected chi connectivity index (χ4v) is 3.41.